The van der Waals surface area contributed by atoms with Gasteiger partial charge in [-0.25, -0.2) is 4.68 Å². The first-order valence-corrected chi connectivity index (χ1v) is 9.32. The van der Waals surface area contributed by atoms with Crippen LogP contribution < -0.4 is 5.01 Å². The molecule has 0 fully saturated rings. The predicted molar refractivity (Wildman–Crippen MR) is 97.7 cm³/mol. The molecule has 0 bridgehead atoms. The Hall–Kier alpha value is -1.66. The van der Waals surface area contributed by atoms with Gasteiger partial charge in [-0.3, -0.25) is 5.01 Å². The lowest BCUT2D eigenvalue weighted by atomic mass is 9.96. The Kier molecular flexibility index (Phi) is 3.54. The molecule has 0 saturated heterocycles. The van der Waals surface area contributed by atoms with Gasteiger partial charge in [0.05, 0.1) is 0 Å². The molecule has 0 N–H and O–H groups in total. The fourth-order valence-electron chi connectivity index (χ4n) is 2.62. The molecule has 0 spiro atoms. The Bertz CT molecular complexity index is 787. The molecule has 0 saturated carbocycles. The highest BCUT2D eigenvalue weighted by Crippen LogP contribution is 2.46. The van der Waals surface area contributed by atoms with Crippen LogP contribution in [0.4, 0.5) is 0 Å². The molecule has 3 heterocycles. The standard InChI is InChI=1S/C17H18N4S2/c1-17(2,3)15-18-19-16-21(15)20-13(22-11-14(20)23-16)10-9-12-7-5-4-6-8-12/h4-11,13H,1-3H3/b10-9+. The van der Waals surface area contributed by atoms with E-state index in [0.29, 0.717) is 0 Å². The lowest BCUT2D eigenvalue weighted by molar-refractivity contribution is 0.491. The van der Waals surface area contributed by atoms with Crippen molar-refractivity contribution < 1.29 is 0 Å². The third-order valence-electron chi connectivity index (χ3n) is 3.72. The van der Waals surface area contributed by atoms with Gasteiger partial charge in [-0.05, 0) is 23.4 Å². The molecule has 2 aliphatic rings. The van der Waals surface area contributed by atoms with E-state index in [9.17, 15) is 0 Å². The molecule has 0 aliphatic carbocycles. The first-order chi connectivity index (χ1) is 11.0. The minimum Gasteiger partial charge on any atom is -0.253 e. The second kappa shape index (κ2) is 5.46. The fourth-order valence-corrected chi connectivity index (χ4v) is 4.72. The Balaban J connectivity index is 1.66. The summed E-state index contributed by atoms with van der Waals surface area (Å²) in [6.07, 6.45) is 4.42. The number of rotatable bonds is 2. The fraction of sp³-hybridized carbons (Fsp3) is 0.294. The highest BCUT2D eigenvalue weighted by Gasteiger charge is 2.40. The van der Waals surface area contributed by atoms with E-state index < -0.39 is 0 Å². The highest BCUT2D eigenvalue weighted by molar-refractivity contribution is 8.07. The van der Waals surface area contributed by atoms with E-state index in [2.05, 4.69) is 82.5 Å². The molecule has 2 aliphatic heterocycles. The van der Waals surface area contributed by atoms with Gasteiger partial charge in [0.15, 0.2) is 5.82 Å². The maximum absolute atomic E-state index is 4.41. The van der Waals surface area contributed by atoms with E-state index >= 15 is 0 Å². The third-order valence-corrected chi connectivity index (χ3v) is 5.82. The Morgan fingerprint density at radius 1 is 1.13 bits per heavy atom. The minimum atomic E-state index is -0.0395. The second-order valence-corrected chi connectivity index (χ2v) is 8.55. The maximum Gasteiger partial charge on any atom is 0.216 e. The van der Waals surface area contributed by atoms with Crippen LogP contribution in [0.3, 0.4) is 0 Å². The van der Waals surface area contributed by atoms with E-state index in [1.165, 1.54) is 10.6 Å². The van der Waals surface area contributed by atoms with Crippen LogP contribution in [-0.4, -0.2) is 20.2 Å². The Labute approximate surface area is 144 Å². The van der Waals surface area contributed by atoms with Crippen molar-refractivity contribution in [3.05, 3.63) is 58.2 Å². The normalized spacial score (nSPS) is 20.0. The minimum absolute atomic E-state index is 0.0395. The molecular formula is C17H18N4S2. The second-order valence-electron chi connectivity index (χ2n) is 6.57. The summed E-state index contributed by atoms with van der Waals surface area (Å²) in [5.74, 6) is 1.00. The number of hydrogen-bond acceptors (Lipinski definition) is 5. The molecule has 0 amide bonds. The predicted octanol–water partition coefficient (Wildman–Crippen LogP) is 4.20. The number of thioether (sulfide) groups is 2. The van der Waals surface area contributed by atoms with Crippen molar-refractivity contribution in [2.24, 2.45) is 0 Å². The Morgan fingerprint density at radius 2 is 1.91 bits per heavy atom. The number of benzene rings is 1. The summed E-state index contributed by atoms with van der Waals surface area (Å²) in [7, 11) is 0. The smallest absolute Gasteiger partial charge is 0.216 e. The van der Waals surface area contributed by atoms with Gasteiger partial charge in [-0.1, -0.05) is 68.9 Å². The number of aromatic nitrogens is 3. The quantitative estimate of drug-likeness (QED) is 0.817. The SMILES string of the molecule is CC(C)(C)c1nnc2n1N1C(=CSC1/C=C/c1ccccc1)S2. The van der Waals surface area contributed by atoms with Crippen LogP contribution in [0.2, 0.25) is 0 Å². The zero-order valence-corrected chi connectivity index (χ0v) is 14.9. The molecule has 4 rings (SSSR count). The zero-order chi connectivity index (χ0) is 16.0. The van der Waals surface area contributed by atoms with Gasteiger partial charge in [0, 0.05) is 10.8 Å². The Morgan fingerprint density at radius 3 is 2.65 bits per heavy atom. The van der Waals surface area contributed by atoms with Crippen LogP contribution in [0.5, 0.6) is 0 Å². The van der Waals surface area contributed by atoms with Gasteiger partial charge < -0.3 is 0 Å². The summed E-state index contributed by atoms with van der Waals surface area (Å²) >= 11 is 3.51. The number of nitrogens with zero attached hydrogens (tertiary/aromatic N) is 4. The molecule has 23 heavy (non-hydrogen) atoms. The molecule has 1 aromatic carbocycles. The van der Waals surface area contributed by atoms with Gasteiger partial charge in [0.1, 0.15) is 10.4 Å². The lowest BCUT2D eigenvalue weighted by Crippen LogP contribution is -2.37. The summed E-state index contributed by atoms with van der Waals surface area (Å²) in [5.41, 5.74) is 1.18. The zero-order valence-electron chi connectivity index (χ0n) is 13.3. The number of fused-ring (bicyclic) bond motifs is 3. The van der Waals surface area contributed by atoms with Crippen LogP contribution in [0, 0.1) is 0 Å². The molecule has 2 aromatic rings. The molecule has 1 unspecified atom stereocenters. The van der Waals surface area contributed by atoms with Crippen LogP contribution in [0.25, 0.3) is 6.08 Å². The van der Waals surface area contributed by atoms with Crippen molar-refractivity contribution in [3.8, 4) is 0 Å². The first kappa shape index (κ1) is 14.9. The van der Waals surface area contributed by atoms with Gasteiger partial charge in [-0.2, -0.15) is 0 Å². The molecule has 4 nitrogen and oxygen atoms in total. The van der Waals surface area contributed by atoms with Crippen molar-refractivity contribution in [2.45, 2.75) is 36.7 Å². The van der Waals surface area contributed by atoms with E-state index in [1.807, 2.05) is 17.8 Å². The van der Waals surface area contributed by atoms with E-state index in [4.69, 9.17) is 0 Å². The monoisotopic (exact) mass is 342 g/mol. The highest BCUT2D eigenvalue weighted by atomic mass is 32.2. The molecule has 118 valence electrons. The van der Waals surface area contributed by atoms with E-state index in [1.54, 1.807) is 11.8 Å². The lowest BCUT2D eigenvalue weighted by Gasteiger charge is -2.27. The first-order valence-electron chi connectivity index (χ1n) is 7.56. The molecule has 1 aromatic heterocycles. The molecule has 6 heteroatoms. The van der Waals surface area contributed by atoms with Crippen LogP contribution in [0.15, 0.2) is 52.0 Å². The van der Waals surface area contributed by atoms with Crippen LogP contribution in [0.1, 0.15) is 32.2 Å². The van der Waals surface area contributed by atoms with Gasteiger partial charge in [0.25, 0.3) is 0 Å². The summed E-state index contributed by atoms with van der Waals surface area (Å²) < 4.78 is 2.18. The van der Waals surface area contributed by atoms with Gasteiger partial charge in [-0.15, -0.1) is 10.2 Å². The van der Waals surface area contributed by atoms with Crippen molar-refractivity contribution in [3.63, 3.8) is 0 Å². The summed E-state index contributed by atoms with van der Waals surface area (Å²) in [5, 5.41) is 15.7. The molecule has 1 atom stereocenters. The number of hydrogen-bond donors (Lipinski definition) is 0. The maximum atomic E-state index is 4.41. The average molecular weight is 342 g/mol. The van der Waals surface area contributed by atoms with Crippen molar-refractivity contribution >= 4 is 29.6 Å². The van der Waals surface area contributed by atoms with E-state index in [0.717, 1.165) is 11.0 Å². The van der Waals surface area contributed by atoms with Crippen LogP contribution >= 0.6 is 23.5 Å². The van der Waals surface area contributed by atoms with Crippen molar-refractivity contribution in [1.29, 1.82) is 0 Å². The molecule has 0 radical (unpaired) electrons. The summed E-state index contributed by atoms with van der Waals surface area (Å²) in [6.45, 7) is 6.53. The van der Waals surface area contributed by atoms with Crippen LogP contribution in [-0.2, 0) is 5.41 Å². The van der Waals surface area contributed by atoms with Gasteiger partial charge in [0.2, 0.25) is 5.16 Å². The summed E-state index contributed by atoms with van der Waals surface area (Å²) in [4.78, 5) is 0. The topological polar surface area (TPSA) is 34.0 Å². The average Bonchev–Trinajstić information content (AvgIpc) is 3.16. The largest absolute Gasteiger partial charge is 0.253 e. The van der Waals surface area contributed by atoms with Crippen molar-refractivity contribution in [2.75, 3.05) is 5.01 Å². The molecular weight excluding hydrogens is 324 g/mol. The van der Waals surface area contributed by atoms with E-state index in [-0.39, 0.29) is 10.8 Å². The van der Waals surface area contributed by atoms with Gasteiger partial charge >= 0.3 is 0 Å². The third kappa shape index (κ3) is 2.60. The van der Waals surface area contributed by atoms with Crippen molar-refractivity contribution in [1.82, 2.24) is 14.9 Å². The summed E-state index contributed by atoms with van der Waals surface area (Å²) in [6, 6.07) is 10.4.